The van der Waals surface area contributed by atoms with Crippen molar-refractivity contribution in [2.75, 3.05) is 6.61 Å². The molecule has 0 aliphatic rings. The van der Waals surface area contributed by atoms with E-state index in [1.807, 2.05) is 54.9 Å². The fraction of sp³-hybridized carbons (Fsp3) is 0.158. The molecule has 128 valence electrons. The second-order valence-electron chi connectivity index (χ2n) is 6.05. The van der Waals surface area contributed by atoms with Crippen LogP contribution in [0.1, 0.15) is 6.92 Å². The number of hydrogen-bond acceptors (Lipinski definition) is 5. The van der Waals surface area contributed by atoms with Crippen LogP contribution in [0.4, 0.5) is 0 Å². The highest BCUT2D eigenvalue weighted by Gasteiger charge is 2.16. The summed E-state index contributed by atoms with van der Waals surface area (Å²) >= 11 is 0. The van der Waals surface area contributed by atoms with Crippen molar-refractivity contribution in [2.24, 2.45) is 7.05 Å². The fourth-order valence-electron chi connectivity index (χ4n) is 3.26. The highest BCUT2D eigenvalue weighted by Crippen LogP contribution is 2.26. The van der Waals surface area contributed by atoms with Crippen molar-refractivity contribution in [3.05, 3.63) is 48.5 Å². The topological polar surface area (TPSA) is 70.1 Å². The standard InChI is InChI=1S/C19H16N6O/c1-3-26-13-10-8-12(9-11-13)17-21-22-19-20-18-16(23-25(17)19)14-6-4-5-7-15(14)24(18)2/h4-11H,3H2,1-2H3. The first kappa shape index (κ1) is 14.8. The molecule has 0 aliphatic heterocycles. The van der Waals surface area contributed by atoms with Crippen molar-refractivity contribution in [3.63, 3.8) is 0 Å². The number of nitrogens with zero attached hydrogens (tertiary/aromatic N) is 6. The van der Waals surface area contributed by atoms with Crippen molar-refractivity contribution >= 4 is 27.8 Å². The minimum absolute atomic E-state index is 0.479. The molecule has 0 bridgehead atoms. The molecule has 0 aliphatic carbocycles. The van der Waals surface area contributed by atoms with Gasteiger partial charge in [-0.1, -0.05) is 18.2 Å². The summed E-state index contributed by atoms with van der Waals surface area (Å²) in [6.45, 7) is 2.60. The van der Waals surface area contributed by atoms with Gasteiger partial charge in [0.25, 0.3) is 5.78 Å². The van der Waals surface area contributed by atoms with E-state index >= 15 is 0 Å². The van der Waals surface area contributed by atoms with Crippen molar-refractivity contribution in [2.45, 2.75) is 6.92 Å². The number of aromatic nitrogens is 6. The third-order valence-corrected chi connectivity index (χ3v) is 4.50. The molecule has 3 aromatic heterocycles. The molecule has 5 rings (SSSR count). The van der Waals surface area contributed by atoms with Gasteiger partial charge in [0.15, 0.2) is 11.5 Å². The van der Waals surface area contributed by atoms with Crippen LogP contribution in [0.3, 0.4) is 0 Å². The molecule has 5 aromatic rings. The van der Waals surface area contributed by atoms with Crippen LogP contribution in [-0.4, -0.2) is 36.0 Å². The van der Waals surface area contributed by atoms with Gasteiger partial charge in [0.05, 0.1) is 12.1 Å². The molecule has 0 N–H and O–H groups in total. The zero-order valence-electron chi connectivity index (χ0n) is 14.4. The highest BCUT2D eigenvalue weighted by atomic mass is 16.5. The van der Waals surface area contributed by atoms with E-state index in [1.165, 1.54) is 0 Å². The van der Waals surface area contributed by atoms with Gasteiger partial charge in [-0.2, -0.15) is 14.6 Å². The number of benzene rings is 2. The molecular formula is C19H16N6O. The molecule has 7 nitrogen and oxygen atoms in total. The number of para-hydroxylation sites is 1. The minimum atomic E-state index is 0.479. The van der Waals surface area contributed by atoms with E-state index in [0.717, 1.165) is 33.4 Å². The molecule has 26 heavy (non-hydrogen) atoms. The van der Waals surface area contributed by atoms with Crippen molar-refractivity contribution in [1.29, 1.82) is 0 Å². The number of aryl methyl sites for hydroxylation is 1. The minimum Gasteiger partial charge on any atom is -0.494 e. The van der Waals surface area contributed by atoms with E-state index < -0.39 is 0 Å². The van der Waals surface area contributed by atoms with Crippen LogP contribution < -0.4 is 4.74 Å². The Hall–Kier alpha value is -3.48. The quantitative estimate of drug-likeness (QED) is 0.502. The van der Waals surface area contributed by atoms with Crippen LogP contribution in [0.5, 0.6) is 5.75 Å². The summed E-state index contributed by atoms with van der Waals surface area (Å²) in [5.41, 5.74) is 3.63. The summed E-state index contributed by atoms with van der Waals surface area (Å²) in [7, 11) is 1.99. The lowest BCUT2D eigenvalue weighted by atomic mass is 10.2. The van der Waals surface area contributed by atoms with Crippen LogP contribution >= 0.6 is 0 Å². The summed E-state index contributed by atoms with van der Waals surface area (Å²) in [6.07, 6.45) is 0. The number of ether oxygens (including phenoxy) is 1. The maximum absolute atomic E-state index is 5.50. The highest BCUT2D eigenvalue weighted by molar-refractivity contribution is 6.04. The van der Waals surface area contributed by atoms with Gasteiger partial charge in [0.2, 0.25) is 0 Å². The lowest BCUT2D eigenvalue weighted by Gasteiger charge is -2.04. The molecule has 0 radical (unpaired) electrons. The number of rotatable bonds is 3. The van der Waals surface area contributed by atoms with Crippen LogP contribution in [0.25, 0.3) is 39.2 Å². The monoisotopic (exact) mass is 344 g/mol. The van der Waals surface area contributed by atoms with E-state index in [-0.39, 0.29) is 0 Å². The average molecular weight is 344 g/mol. The molecule has 0 fully saturated rings. The Labute approximate surface area is 148 Å². The maximum Gasteiger partial charge on any atom is 0.274 e. The first-order chi connectivity index (χ1) is 12.8. The average Bonchev–Trinajstić information content (AvgIpc) is 3.21. The molecule has 2 aromatic carbocycles. The third-order valence-electron chi connectivity index (χ3n) is 4.50. The number of fused-ring (bicyclic) bond motifs is 4. The zero-order chi connectivity index (χ0) is 17.7. The van der Waals surface area contributed by atoms with Crippen LogP contribution in [0, 0.1) is 0 Å². The van der Waals surface area contributed by atoms with Crippen molar-refractivity contribution in [1.82, 2.24) is 29.4 Å². The van der Waals surface area contributed by atoms with Gasteiger partial charge in [0, 0.05) is 18.0 Å². The lowest BCUT2D eigenvalue weighted by molar-refractivity contribution is 0.340. The van der Waals surface area contributed by atoms with Gasteiger partial charge >= 0.3 is 0 Å². The summed E-state index contributed by atoms with van der Waals surface area (Å²) in [6, 6.07) is 15.9. The summed E-state index contributed by atoms with van der Waals surface area (Å²) in [5, 5.41) is 14.4. The number of hydrogen-bond donors (Lipinski definition) is 0. The Morgan fingerprint density at radius 3 is 2.62 bits per heavy atom. The molecule has 3 heterocycles. The third kappa shape index (κ3) is 2.07. The summed E-state index contributed by atoms with van der Waals surface area (Å²) < 4.78 is 9.23. The maximum atomic E-state index is 5.50. The Morgan fingerprint density at radius 1 is 1.00 bits per heavy atom. The molecular weight excluding hydrogens is 328 g/mol. The fourth-order valence-corrected chi connectivity index (χ4v) is 3.26. The van der Waals surface area contributed by atoms with Crippen LogP contribution in [-0.2, 0) is 7.05 Å². The second kappa shape index (κ2) is 5.52. The van der Waals surface area contributed by atoms with Crippen LogP contribution in [0.15, 0.2) is 48.5 Å². The second-order valence-corrected chi connectivity index (χ2v) is 6.05. The first-order valence-corrected chi connectivity index (χ1v) is 8.46. The van der Waals surface area contributed by atoms with Crippen molar-refractivity contribution in [3.8, 4) is 17.1 Å². The summed E-state index contributed by atoms with van der Waals surface area (Å²) in [4.78, 5) is 4.67. The first-order valence-electron chi connectivity index (χ1n) is 8.46. The van der Waals surface area contributed by atoms with E-state index in [0.29, 0.717) is 18.2 Å². The Bertz CT molecular complexity index is 1250. The summed E-state index contributed by atoms with van der Waals surface area (Å²) in [5.74, 6) is 1.96. The van der Waals surface area contributed by atoms with E-state index in [2.05, 4.69) is 27.3 Å². The van der Waals surface area contributed by atoms with Gasteiger partial charge < -0.3 is 9.30 Å². The predicted octanol–water partition coefficient (Wildman–Crippen LogP) is 3.23. The molecule has 7 heteroatoms. The largest absolute Gasteiger partial charge is 0.494 e. The molecule has 0 amide bonds. The van der Waals surface area contributed by atoms with Gasteiger partial charge in [-0.25, -0.2) is 0 Å². The molecule has 0 saturated heterocycles. The Kier molecular flexibility index (Phi) is 3.15. The Morgan fingerprint density at radius 2 is 1.81 bits per heavy atom. The van der Waals surface area contributed by atoms with Gasteiger partial charge in [-0.15, -0.1) is 10.2 Å². The molecule has 0 unspecified atom stereocenters. The van der Waals surface area contributed by atoms with E-state index in [9.17, 15) is 0 Å². The molecule has 0 saturated carbocycles. The van der Waals surface area contributed by atoms with Gasteiger partial charge in [0.1, 0.15) is 11.3 Å². The van der Waals surface area contributed by atoms with Crippen LogP contribution in [0.2, 0.25) is 0 Å². The van der Waals surface area contributed by atoms with E-state index in [1.54, 1.807) is 4.52 Å². The van der Waals surface area contributed by atoms with Gasteiger partial charge in [-0.05, 0) is 37.3 Å². The van der Waals surface area contributed by atoms with Gasteiger partial charge in [-0.3, -0.25) is 0 Å². The zero-order valence-corrected chi connectivity index (χ0v) is 14.4. The van der Waals surface area contributed by atoms with E-state index in [4.69, 9.17) is 9.84 Å². The Balaban J connectivity index is 1.74. The smallest absolute Gasteiger partial charge is 0.274 e. The lowest BCUT2D eigenvalue weighted by Crippen LogP contribution is -1.99. The SMILES string of the molecule is CCOc1ccc(-c2nnc3nc4c(nn23)c2ccccc2n4C)cc1. The predicted molar refractivity (Wildman–Crippen MR) is 99.2 cm³/mol. The normalized spacial score (nSPS) is 11.6. The molecule has 0 spiro atoms. The molecule has 0 atom stereocenters. The van der Waals surface area contributed by atoms with Crippen molar-refractivity contribution < 1.29 is 4.74 Å².